The number of H-pyrrole nitrogens is 1. The number of hydrogen-bond donors (Lipinski definition) is 2. The molecule has 10 heteroatoms. The van der Waals surface area contributed by atoms with Crippen LogP contribution >= 0.6 is 23.6 Å². The van der Waals surface area contributed by atoms with Crippen LogP contribution in [0.25, 0.3) is 10.2 Å². The molecule has 0 saturated carbocycles. The zero-order valence-electron chi connectivity index (χ0n) is 17.5. The normalized spacial score (nSPS) is 13.1. The lowest BCUT2D eigenvalue weighted by Gasteiger charge is -2.16. The summed E-state index contributed by atoms with van der Waals surface area (Å²) in [6, 6.07) is 16.9. The third-order valence-corrected chi connectivity index (χ3v) is 6.44. The molecular formula is C23H19N3O5S2. The van der Waals surface area contributed by atoms with Gasteiger partial charge in [0.25, 0.3) is 11.5 Å². The topological polar surface area (TPSA) is 94.6 Å². The highest BCUT2D eigenvalue weighted by Gasteiger charge is 2.20. The molecule has 4 aromatic rings. The van der Waals surface area contributed by atoms with Crippen molar-refractivity contribution in [3.63, 3.8) is 0 Å². The maximum atomic E-state index is 13.1. The highest BCUT2D eigenvalue weighted by Crippen LogP contribution is 2.35. The molecule has 0 fully saturated rings. The molecule has 1 aliphatic heterocycles. The molecule has 0 radical (unpaired) electrons. The van der Waals surface area contributed by atoms with E-state index in [4.69, 9.17) is 26.4 Å². The molecule has 33 heavy (non-hydrogen) atoms. The number of ether oxygens (including phenoxy) is 3. The molecule has 2 aromatic carbocycles. The molecule has 1 atom stereocenters. The van der Waals surface area contributed by atoms with Crippen molar-refractivity contribution in [3.05, 3.63) is 80.2 Å². The smallest absolute Gasteiger partial charge is 0.282 e. The molecule has 2 aromatic heterocycles. The number of aromatic nitrogens is 2. The second-order valence-corrected chi connectivity index (χ2v) is 8.96. The Bertz CT molecular complexity index is 1460. The van der Waals surface area contributed by atoms with Crippen LogP contribution in [0.4, 0.5) is 0 Å². The number of fused-ring (bicyclic) bond motifs is 2. The Morgan fingerprint density at radius 2 is 2.00 bits per heavy atom. The third-order valence-electron chi connectivity index (χ3n) is 5.11. The second kappa shape index (κ2) is 8.72. The van der Waals surface area contributed by atoms with Gasteiger partial charge < -0.3 is 19.2 Å². The van der Waals surface area contributed by atoms with Gasteiger partial charge in [0, 0.05) is 17.4 Å². The monoisotopic (exact) mass is 481 g/mol. The fourth-order valence-electron chi connectivity index (χ4n) is 3.45. The molecule has 0 unspecified atom stereocenters. The first kappa shape index (κ1) is 21.2. The second-order valence-electron chi connectivity index (χ2n) is 7.44. The van der Waals surface area contributed by atoms with Crippen molar-refractivity contribution >= 4 is 39.7 Å². The van der Waals surface area contributed by atoms with Crippen molar-refractivity contribution in [2.45, 2.75) is 19.4 Å². The van der Waals surface area contributed by atoms with Gasteiger partial charge in [0.2, 0.25) is 11.6 Å². The van der Waals surface area contributed by atoms with Crippen molar-refractivity contribution < 1.29 is 19.0 Å². The number of rotatable bonds is 6. The van der Waals surface area contributed by atoms with E-state index in [0.717, 1.165) is 15.1 Å². The van der Waals surface area contributed by atoms with Crippen LogP contribution in [0.5, 0.6) is 17.2 Å². The Kier molecular flexibility index (Phi) is 5.61. The summed E-state index contributed by atoms with van der Waals surface area (Å²) in [6.45, 7) is 1.73. The minimum absolute atomic E-state index is 0.101. The van der Waals surface area contributed by atoms with Gasteiger partial charge in [-0.2, -0.15) is 4.68 Å². The van der Waals surface area contributed by atoms with Gasteiger partial charge in [0.1, 0.15) is 10.6 Å². The van der Waals surface area contributed by atoms with Crippen LogP contribution in [-0.4, -0.2) is 28.5 Å². The third kappa shape index (κ3) is 4.35. The fourth-order valence-corrected chi connectivity index (χ4v) is 4.83. The van der Waals surface area contributed by atoms with Gasteiger partial charge >= 0.3 is 0 Å². The Labute approximate surface area is 197 Å². The molecule has 3 heterocycles. The first-order chi connectivity index (χ1) is 16.0. The van der Waals surface area contributed by atoms with Crippen molar-refractivity contribution in [2.24, 2.45) is 0 Å². The summed E-state index contributed by atoms with van der Waals surface area (Å²) in [5, 5.41) is 0.462. The predicted octanol–water partition coefficient (Wildman–Crippen LogP) is 3.98. The Hall–Kier alpha value is -3.63. The van der Waals surface area contributed by atoms with Crippen LogP contribution in [0.3, 0.4) is 0 Å². The van der Waals surface area contributed by atoms with Crippen LogP contribution in [0.2, 0.25) is 0 Å². The van der Waals surface area contributed by atoms with Gasteiger partial charge in [-0.25, -0.2) is 0 Å². The maximum Gasteiger partial charge on any atom is 0.282 e. The lowest BCUT2D eigenvalue weighted by molar-refractivity contribution is -0.123. The molecule has 1 aliphatic rings. The fraction of sp³-hybridized carbons (Fsp3) is 0.174. The van der Waals surface area contributed by atoms with E-state index >= 15 is 0 Å². The minimum Gasteiger partial charge on any atom is -0.481 e. The summed E-state index contributed by atoms with van der Waals surface area (Å²) in [5.41, 5.74) is 3.30. The van der Waals surface area contributed by atoms with E-state index in [-0.39, 0.29) is 11.6 Å². The van der Waals surface area contributed by atoms with Crippen molar-refractivity contribution in [1.29, 1.82) is 0 Å². The van der Waals surface area contributed by atoms with E-state index in [9.17, 15) is 9.59 Å². The molecule has 168 valence electrons. The van der Waals surface area contributed by atoms with Crippen molar-refractivity contribution in [3.8, 4) is 17.2 Å². The largest absolute Gasteiger partial charge is 0.481 e. The van der Waals surface area contributed by atoms with Gasteiger partial charge in [-0.3, -0.25) is 15.0 Å². The lowest BCUT2D eigenvalue weighted by Crippen LogP contribution is -2.40. The number of carbonyl (C=O) groups is 1. The quantitative estimate of drug-likeness (QED) is 0.405. The molecular weight excluding hydrogens is 462 g/mol. The molecule has 0 bridgehead atoms. The molecule has 8 nitrogen and oxygen atoms in total. The standard InChI is InChI=1S/C23H19N3O5S2/c1-13(31-15-7-8-18-19(10-15)30-12-29-18)20(27)25-26-22(28)17-11-16(33-21(17)24-23(26)32)9-14-5-3-2-4-6-14/h2-8,10-11,13H,9,12H2,1H3,(H,24,32)(H,25,27)/t13-/m1/s1. The highest BCUT2D eigenvalue weighted by atomic mass is 32.1. The van der Waals surface area contributed by atoms with Gasteiger partial charge in [0.05, 0.1) is 5.39 Å². The van der Waals surface area contributed by atoms with Crippen LogP contribution in [0, 0.1) is 4.77 Å². The molecule has 0 saturated heterocycles. The van der Waals surface area contributed by atoms with Crippen LogP contribution in [0.1, 0.15) is 17.4 Å². The van der Waals surface area contributed by atoms with Crippen molar-refractivity contribution in [2.75, 3.05) is 12.2 Å². The number of aromatic amines is 1. The SMILES string of the molecule is C[C@@H](Oc1ccc2c(c1)OCO2)C(=O)Nn1c(=S)[nH]c2sc(Cc3ccccc3)cc2c1=O. The predicted molar refractivity (Wildman–Crippen MR) is 128 cm³/mol. The zero-order chi connectivity index (χ0) is 22.9. The summed E-state index contributed by atoms with van der Waals surface area (Å²) >= 11 is 6.79. The number of nitrogens with one attached hydrogen (secondary N) is 2. The van der Waals surface area contributed by atoms with E-state index in [1.165, 1.54) is 11.3 Å². The number of thiophene rings is 1. The number of hydrogen-bond acceptors (Lipinski definition) is 7. The summed E-state index contributed by atoms with van der Waals surface area (Å²) in [4.78, 5) is 30.5. The van der Waals surface area contributed by atoms with Gasteiger partial charge in [0.15, 0.2) is 17.6 Å². The van der Waals surface area contributed by atoms with E-state index < -0.39 is 17.6 Å². The van der Waals surface area contributed by atoms with Crippen LogP contribution in [0.15, 0.2) is 59.4 Å². The van der Waals surface area contributed by atoms with Crippen LogP contribution in [-0.2, 0) is 11.2 Å². The van der Waals surface area contributed by atoms with E-state index in [1.807, 2.05) is 36.4 Å². The number of nitrogens with zero attached hydrogens (tertiary/aromatic N) is 1. The first-order valence-corrected chi connectivity index (χ1v) is 11.4. The van der Waals surface area contributed by atoms with Gasteiger partial charge in [-0.1, -0.05) is 30.3 Å². The zero-order valence-corrected chi connectivity index (χ0v) is 19.1. The Morgan fingerprint density at radius 3 is 2.82 bits per heavy atom. The highest BCUT2D eigenvalue weighted by molar-refractivity contribution is 7.71. The van der Waals surface area contributed by atoms with E-state index in [1.54, 1.807) is 25.1 Å². The molecule has 5 rings (SSSR count). The molecule has 0 aliphatic carbocycles. The minimum atomic E-state index is -0.890. The number of amides is 1. The summed E-state index contributed by atoms with van der Waals surface area (Å²) < 4.78 is 17.4. The summed E-state index contributed by atoms with van der Waals surface area (Å²) in [5.74, 6) is 1.09. The maximum absolute atomic E-state index is 13.1. The first-order valence-electron chi connectivity index (χ1n) is 10.2. The van der Waals surface area contributed by atoms with Gasteiger partial charge in [-0.15, -0.1) is 11.3 Å². The van der Waals surface area contributed by atoms with Crippen LogP contribution < -0.4 is 25.2 Å². The Balaban J connectivity index is 1.35. The molecule has 2 N–H and O–H groups in total. The van der Waals surface area contributed by atoms with Gasteiger partial charge in [-0.05, 0) is 42.9 Å². The average molecular weight is 482 g/mol. The lowest BCUT2D eigenvalue weighted by atomic mass is 10.1. The number of benzene rings is 2. The molecule has 1 amide bonds. The molecule has 0 spiro atoms. The summed E-state index contributed by atoms with van der Waals surface area (Å²) in [7, 11) is 0. The average Bonchev–Trinajstić information content (AvgIpc) is 3.43. The van der Waals surface area contributed by atoms with E-state index in [2.05, 4.69) is 10.4 Å². The Morgan fingerprint density at radius 1 is 1.21 bits per heavy atom. The van der Waals surface area contributed by atoms with Crippen molar-refractivity contribution in [1.82, 2.24) is 9.66 Å². The van der Waals surface area contributed by atoms with E-state index in [0.29, 0.717) is 33.9 Å². The number of carbonyl (C=O) groups excluding carboxylic acids is 1. The summed E-state index contributed by atoms with van der Waals surface area (Å²) in [6.07, 6.45) is -0.189.